The van der Waals surface area contributed by atoms with E-state index in [0.717, 1.165) is 42.9 Å². The number of hydrogen-bond donors (Lipinski definition) is 2. The number of carbonyl (C=O) groups is 2. The predicted molar refractivity (Wildman–Crippen MR) is 154 cm³/mol. The summed E-state index contributed by atoms with van der Waals surface area (Å²) in [7, 11) is -4.00. The zero-order chi connectivity index (χ0) is 29.3. The molecule has 1 saturated heterocycles. The van der Waals surface area contributed by atoms with Crippen molar-refractivity contribution in [3.63, 3.8) is 0 Å². The van der Waals surface area contributed by atoms with Crippen LogP contribution in [0.15, 0.2) is 47.8 Å². The van der Waals surface area contributed by atoms with Crippen LogP contribution >= 0.6 is 0 Å². The lowest BCUT2D eigenvalue weighted by Gasteiger charge is -2.41. The molecule has 0 unspecified atom stereocenters. The lowest BCUT2D eigenvalue weighted by Crippen LogP contribution is -2.50. The maximum atomic E-state index is 13.4. The molecule has 2 aromatic heterocycles. The molecule has 11 nitrogen and oxygen atoms in total. The number of anilines is 2. The van der Waals surface area contributed by atoms with Crippen molar-refractivity contribution in [2.75, 3.05) is 18.4 Å². The largest absolute Gasteiger partial charge is 0.336 e. The summed E-state index contributed by atoms with van der Waals surface area (Å²) in [5.74, 6) is 0.0266. The van der Waals surface area contributed by atoms with Gasteiger partial charge in [-0.25, -0.2) is 28.1 Å². The predicted octanol–water partition coefficient (Wildman–Crippen LogP) is 3.11. The third-order valence-corrected chi connectivity index (χ3v) is 8.85. The Bertz CT molecular complexity index is 1570. The van der Waals surface area contributed by atoms with E-state index in [4.69, 9.17) is 4.98 Å². The molecule has 4 heterocycles. The minimum atomic E-state index is -4.00. The number of nitrogens with one attached hydrogen (secondary N) is 2. The van der Waals surface area contributed by atoms with Crippen LogP contribution in [0, 0.1) is 13.8 Å². The summed E-state index contributed by atoms with van der Waals surface area (Å²) in [6, 6.07) is 9.30. The highest BCUT2D eigenvalue weighted by Crippen LogP contribution is 2.31. The number of aryl methyl sites for hydroxylation is 2. The molecule has 2 aliphatic rings. The summed E-state index contributed by atoms with van der Waals surface area (Å²) in [4.78, 5) is 42.0. The number of rotatable bonds is 8. The molecule has 1 fully saturated rings. The number of likely N-dealkylation sites (tertiary alicyclic amines) is 1. The molecule has 41 heavy (non-hydrogen) atoms. The Labute approximate surface area is 240 Å². The number of benzene rings is 1. The summed E-state index contributed by atoms with van der Waals surface area (Å²) in [5.41, 5.74) is 5.70. The van der Waals surface area contributed by atoms with Crippen LogP contribution in [0.2, 0.25) is 0 Å². The average molecular weight is 578 g/mol. The van der Waals surface area contributed by atoms with Crippen LogP contribution in [0.4, 0.5) is 11.6 Å². The van der Waals surface area contributed by atoms with Crippen molar-refractivity contribution in [3.8, 4) is 0 Å². The molecule has 0 saturated carbocycles. The second-order valence-corrected chi connectivity index (χ2v) is 12.7. The van der Waals surface area contributed by atoms with Gasteiger partial charge in [0, 0.05) is 60.9 Å². The summed E-state index contributed by atoms with van der Waals surface area (Å²) < 4.78 is 27.2. The number of piperidine rings is 1. The molecule has 0 aliphatic carbocycles. The van der Waals surface area contributed by atoms with Crippen LogP contribution in [0.1, 0.15) is 59.4 Å². The summed E-state index contributed by atoms with van der Waals surface area (Å²) in [5, 5.41) is 3.05. The molecule has 12 heteroatoms. The summed E-state index contributed by atoms with van der Waals surface area (Å²) in [6.45, 7) is 9.15. The molecule has 2 atom stereocenters. The standard InChI is InChI=1S/C29H35N7O4S/c1-18-9-19(2)11-24(10-18)33-29-31-15-23-16-35(17-26(23)34-29)25-6-8-36(20(3)12-25)28(38)22-5-7-30-27(13-22)41(39,40)32-14-21(4)37/h5,7,9-11,13,15,20,25,32H,6,8,12,14,16-17H2,1-4H3,(H,31,33,34)/t20-,25-/m1/s1. The average Bonchev–Trinajstić information content (AvgIpc) is 3.35. The minimum absolute atomic E-state index is 0.0399. The highest BCUT2D eigenvalue weighted by Gasteiger charge is 2.35. The van der Waals surface area contributed by atoms with Gasteiger partial charge in [-0.15, -0.1) is 0 Å². The Balaban J connectivity index is 1.21. The van der Waals surface area contributed by atoms with Crippen LogP contribution in [-0.2, 0) is 27.9 Å². The minimum Gasteiger partial charge on any atom is -0.336 e. The Kier molecular flexibility index (Phi) is 8.16. The van der Waals surface area contributed by atoms with Crippen LogP contribution < -0.4 is 10.0 Å². The van der Waals surface area contributed by atoms with Gasteiger partial charge in [0.1, 0.15) is 5.78 Å². The molecule has 1 amide bonds. The van der Waals surface area contributed by atoms with E-state index in [1.54, 1.807) is 4.90 Å². The molecule has 5 rings (SSSR count). The first kappa shape index (κ1) is 28.8. The molecule has 3 aromatic rings. The first-order valence-electron chi connectivity index (χ1n) is 13.7. The van der Waals surface area contributed by atoms with E-state index in [9.17, 15) is 18.0 Å². The Morgan fingerprint density at radius 1 is 1.07 bits per heavy atom. The normalized spacial score (nSPS) is 19.2. The van der Waals surface area contributed by atoms with Gasteiger partial charge >= 0.3 is 0 Å². The number of amides is 1. The van der Waals surface area contributed by atoms with Crippen LogP contribution in [0.5, 0.6) is 0 Å². The fourth-order valence-electron chi connectivity index (χ4n) is 5.58. The van der Waals surface area contributed by atoms with E-state index in [1.807, 2.05) is 13.1 Å². The molecular formula is C29H35N7O4S. The van der Waals surface area contributed by atoms with Crippen molar-refractivity contribution >= 4 is 33.3 Å². The van der Waals surface area contributed by atoms with Crippen molar-refractivity contribution < 1.29 is 18.0 Å². The molecule has 2 N–H and O–H groups in total. The third kappa shape index (κ3) is 6.61. The van der Waals surface area contributed by atoms with Gasteiger partial charge in [-0.05, 0) is 75.9 Å². The summed E-state index contributed by atoms with van der Waals surface area (Å²) in [6.07, 6.45) is 4.78. The first-order chi connectivity index (χ1) is 19.5. The van der Waals surface area contributed by atoms with E-state index in [2.05, 4.69) is 57.0 Å². The molecule has 0 bridgehead atoms. The SMILES string of the molecule is CC(=O)CNS(=O)(=O)c1cc(C(=O)N2CC[C@@H](N3Cc4cnc(Nc5cc(C)cc(C)c5)nc4C3)C[C@H]2C)ccn1. The van der Waals surface area contributed by atoms with Gasteiger partial charge in [0.05, 0.1) is 12.2 Å². The van der Waals surface area contributed by atoms with E-state index >= 15 is 0 Å². The number of Topliss-reactive ketones (excluding diaryl/α,β-unsaturated/α-hetero) is 1. The van der Waals surface area contributed by atoms with Gasteiger partial charge in [-0.2, -0.15) is 0 Å². The molecule has 2 aliphatic heterocycles. The number of ketones is 1. The van der Waals surface area contributed by atoms with E-state index in [0.29, 0.717) is 12.5 Å². The molecular weight excluding hydrogens is 542 g/mol. The van der Waals surface area contributed by atoms with Gasteiger partial charge in [0.15, 0.2) is 5.03 Å². The van der Waals surface area contributed by atoms with Gasteiger partial charge in [-0.1, -0.05) is 6.07 Å². The van der Waals surface area contributed by atoms with Crippen molar-refractivity contribution in [1.29, 1.82) is 0 Å². The second-order valence-electron chi connectivity index (χ2n) is 11.0. The highest BCUT2D eigenvalue weighted by molar-refractivity contribution is 7.89. The van der Waals surface area contributed by atoms with Crippen molar-refractivity contribution in [3.05, 3.63) is 70.7 Å². The first-order valence-corrected chi connectivity index (χ1v) is 15.2. The molecule has 216 valence electrons. The number of carbonyl (C=O) groups excluding carboxylic acids is 2. The smallest absolute Gasteiger partial charge is 0.258 e. The zero-order valence-corrected chi connectivity index (χ0v) is 24.5. The third-order valence-electron chi connectivity index (χ3n) is 7.55. The lowest BCUT2D eigenvalue weighted by molar-refractivity contribution is -0.115. The van der Waals surface area contributed by atoms with Crippen molar-refractivity contribution in [1.82, 2.24) is 29.5 Å². The Morgan fingerprint density at radius 3 is 2.54 bits per heavy atom. The van der Waals surface area contributed by atoms with E-state index in [1.165, 1.54) is 36.4 Å². The lowest BCUT2D eigenvalue weighted by atomic mass is 9.96. The number of sulfonamides is 1. The zero-order valence-electron chi connectivity index (χ0n) is 23.7. The number of aromatic nitrogens is 3. The molecule has 0 spiro atoms. The van der Waals surface area contributed by atoms with Crippen LogP contribution in [0.3, 0.4) is 0 Å². The maximum absolute atomic E-state index is 13.4. The Morgan fingerprint density at radius 2 is 1.83 bits per heavy atom. The Hall–Kier alpha value is -3.74. The fraction of sp³-hybridized carbons (Fsp3) is 0.414. The van der Waals surface area contributed by atoms with Gasteiger partial charge in [-0.3, -0.25) is 14.5 Å². The van der Waals surface area contributed by atoms with Crippen molar-refractivity contribution in [2.45, 2.75) is 70.7 Å². The van der Waals surface area contributed by atoms with Gasteiger partial charge in [0.25, 0.3) is 15.9 Å². The highest BCUT2D eigenvalue weighted by atomic mass is 32.2. The molecule has 0 radical (unpaired) electrons. The number of nitrogens with zero attached hydrogens (tertiary/aromatic N) is 5. The van der Waals surface area contributed by atoms with Crippen molar-refractivity contribution in [2.24, 2.45) is 0 Å². The van der Waals surface area contributed by atoms with E-state index < -0.39 is 10.0 Å². The maximum Gasteiger partial charge on any atom is 0.258 e. The van der Waals surface area contributed by atoms with Crippen LogP contribution in [0.25, 0.3) is 0 Å². The second kappa shape index (κ2) is 11.6. The van der Waals surface area contributed by atoms with Gasteiger partial charge in [0.2, 0.25) is 5.95 Å². The molecule has 1 aromatic carbocycles. The van der Waals surface area contributed by atoms with Gasteiger partial charge < -0.3 is 10.2 Å². The monoisotopic (exact) mass is 577 g/mol. The quantitative estimate of drug-likeness (QED) is 0.414. The van der Waals surface area contributed by atoms with E-state index in [-0.39, 0.29) is 40.9 Å². The number of pyridine rings is 1. The topological polar surface area (TPSA) is 137 Å². The summed E-state index contributed by atoms with van der Waals surface area (Å²) >= 11 is 0. The number of fused-ring (bicyclic) bond motifs is 1. The fourth-order valence-corrected chi connectivity index (χ4v) is 6.60. The number of hydrogen-bond acceptors (Lipinski definition) is 9. The van der Waals surface area contributed by atoms with Crippen LogP contribution in [-0.4, -0.2) is 70.0 Å².